The number of hydrogen-bond acceptors (Lipinski definition) is 4. The number of H-pyrrole nitrogens is 2. The second kappa shape index (κ2) is 7.88. The third kappa shape index (κ3) is 4.23. The van der Waals surface area contributed by atoms with E-state index in [0.717, 1.165) is 5.56 Å². The van der Waals surface area contributed by atoms with Gasteiger partial charge in [-0.2, -0.15) is 0 Å². The molecule has 31 heavy (non-hydrogen) atoms. The number of aromatic amines is 2. The van der Waals surface area contributed by atoms with Crippen molar-refractivity contribution in [3.63, 3.8) is 0 Å². The van der Waals surface area contributed by atoms with E-state index in [0.29, 0.717) is 26.7 Å². The third-order valence-electron chi connectivity index (χ3n) is 4.66. The van der Waals surface area contributed by atoms with Crippen molar-refractivity contribution in [2.75, 3.05) is 4.72 Å². The van der Waals surface area contributed by atoms with Crippen molar-refractivity contribution in [1.29, 1.82) is 0 Å². The fraction of sp³-hybridized carbons (Fsp3) is 0.0476. The van der Waals surface area contributed by atoms with Crippen molar-refractivity contribution >= 4 is 49.9 Å². The second-order valence-corrected chi connectivity index (χ2v) is 9.38. The molecular weight excluding hydrogens is 461 g/mol. The summed E-state index contributed by atoms with van der Waals surface area (Å²) in [5.41, 5.74) is 1.02. The van der Waals surface area contributed by atoms with Gasteiger partial charge in [-0.1, -0.05) is 41.4 Å². The van der Waals surface area contributed by atoms with Gasteiger partial charge in [0.1, 0.15) is 0 Å². The van der Waals surface area contributed by atoms with E-state index in [1.165, 1.54) is 18.2 Å². The molecule has 10 heteroatoms. The predicted molar refractivity (Wildman–Crippen MR) is 123 cm³/mol. The Morgan fingerprint density at radius 3 is 2.19 bits per heavy atom. The normalized spacial score (nSPS) is 11.6. The summed E-state index contributed by atoms with van der Waals surface area (Å²) in [6.45, 7) is 1.59. The lowest BCUT2D eigenvalue weighted by molar-refractivity contribution is 0.600. The molecule has 0 atom stereocenters. The number of anilines is 1. The van der Waals surface area contributed by atoms with Crippen LogP contribution in [0.25, 0.3) is 22.2 Å². The Hall–Kier alpha value is -3.07. The molecule has 3 N–H and O–H groups in total. The lowest BCUT2D eigenvalue weighted by atomic mass is 10.1. The molecule has 158 valence electrons. The summed E-state index contributed by atoms with van der Waals surface area (Å²) in [6.07, 6.45) is 0. The molecule has 4 aromatic rings. The molecule has 0 bridgehead atoms. The van der Waals surface area contributed by atoms with Gasteiger partial charge in [0, 0.05) is 10.6 Å². The Kier molecular flexibility index (Phi) is 5.38. The number of sulfonamides is 1. The topological polar surface area (TPSA) is 112 Å². The highest BCUT2D eigenvalue weighted by atomic mass is 35.5. The van der Waals surface area contributed by atoms with Crippen LogP contribution in [-0.4, -0.2) is 18.4 Å². The minimum absolute atomic E-state index is 0.0438. The van der Waals surface area contributed by atoms with Crippen LogP contribution in [0.3, 0.4) is 0 Å². The van der Waals surface area contributed by atoms with Crippen molar-refractivity contribution < 1.29 is 8.42 Å². The maximum Gasteiger partial charge on any atom is 0.314 e. The van der Waals surface area contributed by atoms with Crippen LogP contribution in [-0.2, 0) is 10.0 Å². The summed E-state index contributed by atoms with van der Waals surface area (Å²) < 4.78 is 28.5. The number of halogens is 2. The summed E-state index contributed by atoms with van der Waals surface area (Å²) in [5.74, 6) is 0. The van der Waals surface area contributed by atoms with Gasteiger partial charge in [-0.3, -0.25) is 14.3 Å². The molecule has 0 amide bonds. The number of nitrogens with one attached hydrogen (secondary N) is 3. The van der Waals surface area contributed by atoms with E-state index in [-0.39, 0.29) is 16.1 Å². The van der Waals surface area contributed by atoms with Gasteiger partial charge in [0.05, 0.1) is 26.6 Å². The number of fused-ring (bicyclic) bond motifs is 1. The third-order valence-corrected chi connectivity index (χ3v) is 6.74. The van der Waals surface area contributed by atoms with Gasteiger partial charge in [-0.05, 0) is 54.4 Å². The first-order chi connectivity index (χ1) is 14.6. The fourth-order valence-electron chi connectivity index (χ4n) is 3.22. The van der Waals surface area contributed by atoms with Crippen molar-refractivity contribution in [3.8, 4) is 11.1 Å². The summed E-state index contributed by atoms with van der Waals surface area (Å²) in [4.78, 5) is 27.8. The van der Waals surface area contributed by atoms with E-state index in [1.54, 1.807) is 37.3 Å². The molecule has 0 fully saturated rings. The summed E-state index contributed by atoms with van der Waals surface area (Å²) in [6, 6.07) is 14.7. The lowest BCUT2D eigenvalue weighted by Gasteiger charge is -2.13. The first-order valence-electron chi connectivity index (χ1n) is 8.99. The first kappa shape index (κ1) is 21.2. The van der Waals surface area contributed by atoms with Crippen LogP contribution in [0, 0.1) is 6.92 Å². The predicted octanol–water partition coefficient (Wildman–Crippen LogP) is 4.30. The maximum atomic E-state index is 13.0. The summed E-state index contributed by atoms with van der Waals surface area (Å²) in [5, 5.41) is 0.907. The van der Waals surface area contributed by atoms with Gasteiger partial charge >= 0.3 is 11.1 Å². The van der Waals surface area contributed by atoms with Gasteiger partial charge in [0.15, 0.2) is 0 Å². The van der Waals surface area contributed by atoms with E-state index >= 15 is 0 Å². The van der Waals surface area contributed by atoms with Crippen LogP contribution in [0.1, 0.15) is 5.56 Å². The monoisotopic (exact) mass is 475 g/mol. The molecule has 1 heterocycles. The number of benzene rings is 3. The van der Waals surface area contributed by atoms with Crippen LogP contribution >= 0.6 is 23.2 Å². The highest BCUT2D eigenvalue weighted by Gasteiger charge is 2.19. The zero-order chi connectivity index (χ0) is 22.3. The van der Waals surface area contributed by atoms with Crippen molar-refractivity contribution in [2.24, 2.45) is 0 Å². The van der Waals surface area contributed by atoms with Crippen LogP contribution < -0.4 is 15.8 Å². The average Bonchev–Trinajstić information content (AvgIpc) is 2.68. The molecule has 7 nitrogen and oxygen atoms in total. The van der Waals surface area contributed by atoms with E-state index in [4.69, 9.17) is 23.2 Å². The number of aryl methyl sites for hydroxylation is 1. The minimum atomic E-state index is -4.00. The zero-order valence-electron chi connectivity index (χ0n) is 16.0. The van der Waals surface area contributed by atoms with Crippen LogP contribution in [0.4, 0.5) is 5.69 Å². The largest absolute Gasteiger partial charge is 0.316 e. The Bertz CT molecular complexity index is 1560. The molecule has 3 aromatic carbocycles. The SMILES string of the molecule is Cc1cc2[nH]c(=O)c(=O)[nH]c2cc1S(=O)(=O)Nc1ccc(-c2cccc(Cl)c2)c(Cl)c1. The highest BCUT2D eigenvalue weighted by Crippen LogP contribution is 2.32. The molecule has 0 aliphatic heterocycles. The molecular formula is C21H15Cl2N3O4S. The zero-order valence-corrected chi connectivity index (χ0v) is 18.3. The molecule has 0 unspecified atom stereocenters. The van der Waals surface area contributed by atoms with Crippen molar-refractivity contribution in [3.05, 3.63) is 90.9 Å². The first-order valence-corrected chi connectivity index (χ1v) is 11.2. The second-order valence-electron chi connectivity index (χ2n) is 6.88. The molecule has 0 aliphatic carbocycles. The molecule has 0 spiro atoms. The van der Waals surface area contributed by atoms with E-state index in [9.17, 15) is 18.0 Å². The average molecular weight is 476 g/mol. The van der Waals surface area contributed by atoms with Gasteiger partial charge in [0.25, 0.3) is 10.0 Å². The smallest absolute Gasteiger partial charge is 0.314 e. The maximum absolute atomic E-state index is 13.0. The Balaban J connectivity index is 1.71. The number of hydrogen-bond donors (Lipinski definition) is 3. The van der Waals surface area contributed by atoms with E-state index in [1.807, 2.05) is 6.07 Å². The Morgan fingerprint density at radius 1 is 0.871 bits per heavy atom. The minimum Gasteiger partial charge on any atom is -0.316 e. The lowest BCUT2D eigenvalue weighted by Crippen LogP contribution is -2.29. The van der Waals surface area contributed by atoms with Crippen LogP contribution in [0.2, 0.25) is 10.0 Å². The molecule has 0 saturated carbocycles. The molecule has 0 saturated heterocycles. The molecule has 0 aliphatic rings. The van der Waals surface area contributed by atoms with Gasteiger partial charge in [0.2, 0.25) is 0 Å². The summed E-state index contributed by atoms with van der Waals surface area (Å²) >= 11 is 12.4. The number of aromatic nitrogens is 2. The van der Waals surface area contributed by atoms with Gasteiger partial charge in [-0.25, -0.2) is 8.42 Å². The van der Waals surface area contributed by atoms with Gasteiger partial charge < -0.3 is 9.97 Å². The van der Waals surface area contributed by atoms with Crippen molar-refractivity contribution in [2.45, 2.75) is 11.8 Å². The highest BCUT2D eigenvalue weighted by molar-refractivity contribution is 7.92. The quantitative estimate of drug-likeness (QED) is 0.382. The fourth-order valence-corrected chi connectivity index (χ4v) is 5.00. The molecule has 1 aromatic heterocycles. The van der Waals surface area contributed by atoms with Crippen molar-refractivity contribution in [1.82, 2.24) is 9.97 Å². The Labute approximate surface area is 186 Å². The Morgan fingerprint density at radius 2 is 1.55 bits per heavy atom. The van der Waals surface area contributed by atoms with Gasteiger partial charge in [-0.15, -0.1) is 0 Å². The summed E-state index contributed by atoms with van der Waals surface area (Å²) in [7, 11) is -4.00. The van der Waals surface area contributed by atoms with Crippen LogP contribution in [0.15, 0.2) is 69.1 Å². The van der Waals surface area contributed by atoms with Crippen LogP contribution in [0.5, 0.6) is 0 Å². The standard InChI is InChI=1S/C21H15Cl2N3O4S/c1-11-7-17-18(25-21(28)20(27)24-17)10-19(11)31(29,30)26-14-5-6-15(16(23)9-14)12-3-2-4-13(22)8-12/h2-10,26H,1H3,(H,24,27)(H,25,28). The number of rotatable bonds is 4. The molecule has 4 rings (SSSR count). The van der Waals surface area contributed by atoms with E-state index < -0.39 is 21.1 Å². The van der Waals surface area contributed by atoms with E-state index in [2.05, 4.69) is 14.7 Å². The molecule has 0 radical (unpaired) electrons.